The zero-order valence-electron chi connectivity index (χ0n) is 16.8. The number of halogens is 4. The second kappa shape index (κ2) is 8.96. The van der Waals surface area contributed by atoms with Crippen LogP contribution in [0.2, 0.25) is 5.02 Å². The molecular formula is C19H20ClF3N6O2. The Kier molecular flexibility index (Phi) is 6.54. The molecule has 0 saturated heterocycles. The molecule has 3 aromatic heterocycles. The Labute approximate surface area is 180 Å². The minimum Gasteiger partial charge on any atom is -0.486 e. The van der Waals surface area contributed by atoms with Crippen LogP contribution in [-0.2, 0) is 4.79 Å². The number of ether oxygens (including phenoxy) is 1. The largest absolute Gasteiger partial charge is 0.486 e. The Hall–Kier alpha value is -3.08. The molecule has 0 aliphatic carbocycles. The van der Waals surface area contributed by atoms with Crippen molar-refractivity contribution >= 4 is 34.4 Å². The first-order chi connectivity index (χ1) is 14.5. The van der Waals surface area contributed by atoms with Gasteiger partial charge in [-0.2, -0.15) is 13.2 Å². The number of carbonyl (C=O) groups excluding carboxylic acids is 1. The molecule has 0 aliphatic heterocycles. The maximum absolute atomic E-state index is 12.4. The lowest BCUT2D eigenvalue weighted by Gasteiger charge is -2.19. The van der Waals surface area contributed by atoms with Gasteiger partial charge in [0.1, 0.15) is 18.2 Å². The summed E-state index contributed by atoms with van der Waals surface area (Å²) < 4.78 is 42.8. The van der Waals surface area contributed by atoms with Gasteiger partial charge in [0.05, 0.1) is 17.3 Å². The molecule has 3 aromatic rings. The predicted molar refractivity (Wildman–Crippen MR) is 110 cm³/mol. The fourth-order valence-corrected chi connectivity index (χ4v) is 2.88. The van der Waals surface area contributed by atoms with Crippen molar-refractivity contribution in [1.82, 2.24) is 25.3 Å². The van der Waals surface area contributed by atoms with E-state index in [1.807, 2.05) is 5.32 Å². The third kappa shape index (κ3) is 5.75. The van der Waals surface area contributed by atoms with Crippen LogP contribution < -0.4 is 15.4 Å². The van der Waals surface area contributed by atoms with E-state index in [9.17, 15) is 18.0 Å². The Bertz CT molecular complexity index is 1090. The minimum absolute atomic E-state index is 0.165. The second-order valence-electron chi connectivity index (χ2n) is 7.02. The van der Waals surface area contributed by atoms with Gasteiger partial charge < -0.3 is 20.4 Å². The highest BCUT2D eigenvalue weighted by molar-refractivity contribution is 6.31. The molecule has 0 aromatic carbocycles. The average molecular weight is 457 g/mol. The van der Waals surface area contributed by atoms with Crippen molar-refractivity contribution < 1.29 is 22.7 Å². The molecule has 0 saturated carbocycles. The molecule has 31 heavy (non-hydrogen) atoms. The molecule has 0 spiro atoms. The fraction of sp³-hybridized carbons (Fsp3) is 0.368. The van der Waals surface area contributed by atoms with Crippen LogP contribution in [0.3, 0.4) is 0 Å². The number of carbonyl (C=O) groups is 1. The van der Waals surface area contributed by atoms with E-state index in [2.05, 4.69) is 25.3 Å². The first-order valence-electron chi connectivity index (χ1n) is 9.31. The summed E-state index contributed by atoms with van der Waals surface area (Å²) in [6.07, 6.45) is -0.134. The van der Waals surface area contributed by atoms with E-state index >= 15 is 0 Å². The van der Waals surface area contributed by atoms with Crippen LogP contribution in [0.4, 0.5) is 19.0 Å². The smallest absolute Gasteiger partial charge is 0.405 e. The van der Waals surface area contributed by atoms with Crippen molar-refractivity contribution in [3.63, 3.8) is 0 Å². The summed E-state index contributed by atoms with van der Waals surface area (Å²) in [6.45, 7) is 3.59. The second-order valence-corrected chi connectivity index (χ2v) is 7.46. The summed E-state index contributed by atoms with van der Waals surface area (Å²) >= 11 is 6.04. The number of hydrogen-bond acceptors (Lipinski definition) is 6. The van der Waals surface area contributed by atoms with Crippen LogP contribution in [0.15, 0.2) is 24.7 Å². The van der Waals surface area contributed by atoms with Crippen molar-refractivity contribution in [2.45, 2.75) is 39.1 Å². The van der Waals surface area contributed by atoms with Crippen molar-refractivity contribution in [2.24, 2.45) is 0 Å². The molecule has 3 heterocycles. The van der Waals surface area contributed by atoms with Gasteiger partial charge in [0, 0.05) is 23.3 Å². The van der Waals surface area contributed by atoms with Gasteiger partial charge in [0.15, 0.2) is 17.4 Å². The lowest BCUT2D eigenvalue weighted by molar-refractivity contribution is -0.138. The summed E-state index contributed by atoms with van der Waals surface area (Å²) in [4.78, 5) is 28.0. The highest BCUT2D eigenvalue weighted by Gasteiger charge is 2.29. The van der Waals surface area contributed by atoms with Crippen LogP contribution in [0.5, 0.6) is 5.75 Å². The number of aromatic amines is 1. The number of fused-ring (bicyclic) bond motifs is 1. The molecule has 1 unspecified atom stereocenters. The molecule has 3 N–H and O–H groups in total. The van der Waals surface area contributed by atoms with Crippen molar-refractivity contribution in [3.8, 4) is 17.1 Å². The van der Waals surface area contributed by atoms with Gasteiger partial charge in [0.2, 0.25) is 5.91 Å². The van der Waals surface area contributed by atoms with Gasteiger partial charge in [-0.1, -0.05) is 11.6 Å². The third-order valence-electron chi connectivity index (χ3n) is 4.07. The number of rotatable bonds is 7. The van der Waals surface area contributed by atoms with Gasteiger partial charge in [-0.05, 0) is 26.8 Å². The number of pyridine rings is 1. The number of nitrogens with zero attached hydrogens (tertiary/aromatic N) is 3. The zero-order valence-corrected chi connectivity index (χ0v) is 17.6. The van der Waals surface area contributed by atoms with Crippen molar-refractivity contribution in [2.75, 3.05) is 11.9 Å². The third-order valence-corrected chi connectivity index (χ3v) is 4.27. The van der Waals surface area contributed by atoms with E-state index < -0.39 is 24.7 Å². The van der Waals surface area contributed by atoms with E-state index in [1.165, 1.54) is 19.3 Å². The van der Waals surface area contributed by atoms with Crippen LogP contribution >= 0.6 is 11.6 Å². The quantitative estimate of drug-likeness (QED) is 0.497. The van der Waals surface area contributed by atoms with Gasteiger partial charge in [-0.25, -0.2) is 15.0 Å². The molecule has 12 heteroatoms. The SMILES string of the molecule is CC(C)Oc1cnc(-c2c[nH]c3ncc(Cl)cc23)nc1NC(C)C(=O)NCC(F)(F)F. The molecule has 1 atom stereocenters. The number of nitrogens with one attached hydrogen (secondary N) is 3. The molecule has 0 aliphatic rings. The Balaban J connectivity index is 1.91. The van der Waals surface area contributed by atoms with Crippen LogP contribution in [0.25, 0.3) is 22.4 Å². The number of aromatic nitrogens is 4. The molecule has 3 rings (SSSR count). The maximum Gasteiger partial charge on any atom is 0.405 e. The van der Waals surface area contributed by atoms with E-state index in [-0.39, 0.29) is 23.5 Å². The van der Waals surface area contributed by atoms with E-state index in [0.717, 1.165) is 0 Å². The first-order valence-corrected chi connectivity index (χ1v) is 9.69. The Morgan fingerprint density at radius 2 is 2.00 bits per heavy atom. The van der Waals surface area contributed by atoms with Gasteiger partial charge >= 0.3 is 6.18 Å². The van der Waals surface area contributed by atoms with Gasteiger partial charge in [-0.15, -0.1) is 0 Å². The molecular weight excluding hydrogens is 437 g/mol. The van der Waals surface area contributed by atoms with E-state index in [0.29, 0.717) is 21.6 Å². The average Bonchev–Trinajstić information content (AvgIpc) is 3.09. The summed E-state index contributed by atoms with van der Waals surface area (Å²) in [7, 11) is 0. The topological polar surface area (TPSA) is 105 Å². The van der Waals surface area contributed by atoms with Crippen molar-refractivity contribution in [1.29, 1.82) is 0 Å². The van der Waals surface area contributed by atoms with E-state index in [4.69, 9.17) is 16.3 Å². The number of amides is 1. The monoisotopic (exact) mass is 456 g/mol. The minimum atomic E-state index is -4.51. The normalized spacial score (nSPS) is 12.8. The lowest BCUT2D eigenvalue weighted by atomic mass is 10.2. The molecule has 0 radical (unpaired) electrons. The van der Waals surface area contributed by atoms with E-state index in [1.54, 1.807) is 26.1 Å². The highest BCUT2D eigenvalue weighted by Crippen LogP contribution is 2.31. The highest BCUT2D eigenvalue weighted by atomic mass is 35.5. The summed E-state index contributed by atoms with van der Waals surface area (Å²) in [6, 6.07) is 0.691. The Morgan fingerprint density at radius 1 is 1.26 bits per heavy atom. The maximum atomic E-state index is 12.4. The summed E-state index contributed by atoms with van der Waals surface area (Å²) in [5.41, 5.74) is 1.19. The fourth-order valence-electron chi connectivity index (χ4n) is 2.72. The predicted octanol–water partition coefficient (Wildman–Crippen LogP) is 3.94. The standard InChI is InChI=1S/C19H20ClF3N6O2/c1-9(2)31-14-7-26-16(13-6-25-15-12(13)4-11(20)5-24-15)29-17(14)28-10(3)18(30)27-8-19(21,22)23/h4-7,9-10H,8H2,1-3H3,(H,24,25)(H,27,30)(H,26,28,29). The van der Waals surface area contributed by atoms with Gasteiger partial charge in [-0.3, -0.25) is 4.79 Å². The zero-order chi connectivity index (χ0) is 22.8. The number of hydrogen-bond donors (Lipinski definition) is 3. The lowest BCUT2D eigenvalue weighted by Crippen LogP contribution is -2.42. The molecule has 8 nitrogen and oxygen atoms in total. The number of alkyl halides is 3. The first kappa shape index (κ1) is 22.6. The van der Waals surface area contributed by atoms with Crippen LogP contribution in [0.1, 0.15) is 20.8 Å². The number of H-pyrrole nitrogens is 1. The Morgan fingerprint density at radius 3 is 2.68 bits per heavy atom. The molecule has 0 fully saturated rings. The van der Waals surface area contributed by atoms with Crippen molar-refractivity contribution in [3.05, 3.63) is 29.7 Å². The number of anilines is 1. The van der Waals surface area contributed by atoms with Gasteiger partial charge in [0.25, 0.3) is 0 Å². The van der Waals surface area contributed by atoms with Crippen LogP contribution in [-0.4, -0.2) is 50.7 Å². The molecule has 0 bridgehead atoms. The molecule has 1 amide bonds. The van der Waals surface area contributed by atoms with Crippen LogP contribution in [0, 0.1) is 0 Å². The molecule has 166 valence electrons. The summed E-state index contributed by atoms with van der Waals surface area (Å²) in [5.74, 6) is -0.129. The summed E-state index contributed by atoms with van der Waals surface area (Å²) in [5, 5.41) is 5.76.